The first-order valence-electron chi connectivity index (χ1n) is 8.95. The number of amides is 1. The number of anilines is 1. The minimum Gasteiger partial charge on any atom is -0.481 e. The van der Waals surface area contributed by atoms with Gasteiger partial charge in [-0.25, -0.2) is 0 Å². The highest BCUT2D eigenvalue weighted by Crippen LogP contribution is 2.21. The molecule has 0 fully saturated rings. The van der Waals surface area contributed by atoms with Crippen LogP contribution in [0.5, 0.6) is 0 Å². The van der Waals surface area contributed by atoms with Gasteiger partial charge in [-0.05, 0) is 48.6 Å². The first kappa shape index (κ1) is 18.1. The van der Waals surface area contributed by atoms with E-state index in [2.05, 4.69) is 28.4 Å². The van der Waals surface area contributed by atoms with Crippen LogP contribution in [-0.2, 0) is 29.0 Å². The SMILES string of the molecule is CC(C(=O)Nc1cccc(CCC(=O)O)c1)N1CCc2ccccc2C1. The molecule has 0 radical (unpaired) electrons. The van der Waals surface area contributed by atoms with Crippen LogP contribution in [0.3, 0.4) is 0 Å². The summed E-state index contributed by atoms with van der Waals surface area (Å²) in [5.41, 5.74) is 4.27. The fourth-order valence-corrected chi connectivity index (χ4v) is 3.32. The molecule has 26 heavy (non-hydrogen) atoms. The Morgan fingerprint density at radius 2 is 1.92 bits per heavy atom. The van der Waals surface area contributed by atoms with Crippen molar-refractivity contribution in [1.82, 2.24) is 4.90 Å². The third kappa shape index (κ3) is 4.49. The fraction of sp³-hybridized carbons (Fsp3) is 0.333. The van der Waals surface area contributed by atoms with Crippen molar-refractivity contribution < 1.29 is 14.7 Å². The van der Waals surface area contributed by atoms with Gasteiger partial charge in [0.15, 0.2) is 0 Å². The van der Waals surface area contributed by atoms with Gasteiger partial charge in [0, 0.05) is 25.2 Å². The highest BCUT2D eigenvalue weighted by Gasteiger charge is 2.25. The average molecular weight is 352 g/mol. The fourth-order valence-electron chi connectivity index (χ4n) is 3.32. The predicted molar refractivity (Wildman–Crippen MR) is 101 cm³/mol. The molecule has 5 heteroatoms. The van der Waals surface area contributed by atoms with Crippen LogP contribution in [0, 0.1) is 0 Å². The third-order valence-corrected chi connectivity index (χ3v) is 4.91. The van der Waals surface area contributed by atoms with Crippen LogP contribution < -0.4 is 5.32 Å². The van der Waals surface area contributed by atoms with Gasteiger partial charge in [-0.15, -0.1) is 0 Å². The Kier molecular flexibility index (Phi) is 5.68. The van der Waals surface area contributed by atoms with E-state index in [-0.39, 0.29) is 18.4 Å². The van der Waals surface area contributed by atoms with Gasteiger partial charge in [-0.2, -0.15) is 0 Å². The van der Waals surface area contributed by atoms with E-state index in [1.165, 1.54) is 11.1 Å². The number of nitrogens with zero attached hydrogens (tertiary/aromatic N) is 1. The lowest BCUT2D eigenvalue weighted by Gasteiger charge is -2.32. The number of hydrogen-bond donors (Lipinski definition) is 2. The number of carbonyl (C=O) groups excluding carboxylic acids is 1. The Morgan fingerprint density at radius 1 is 1.15 bits per heavy atom. The molecule has 1 heterocycles. The maximum atomic E-state index is 12.7. The van der Waals surface area contributed by atoms with E-state index in [4.69, 9.17) is 5.11 Å². The van der Waals surface area contributed by atoms with Gasteiger partial charge in [-0.3, -0.25) is 14.5 Å². The molecule has 1 aliphatic heterocycles. The molecule has 3 rings (SSSR count). The summed E-state index contributed by atoms with van der Waals surface area (Å²) in [5, 5.41) is 11.8. The molecule has 0 bridgehead atoms. The summed E-state index contributed by atoms with van der Waals surface area (Å²) >= 11 is 0. The lowest BCUT2D eigenvalue weighted by atomic mass is 9.98. The van der Waals surface area contributed by atoms with Gasteiger partial charge in [0.2, 0.25) is 5.91 Å². The second-order valence-corrected chi connectivity index (χ2v) is 6.75. The molecule has 2 aromatic rings. The molecule has 0 spiro atoms. The zero-order valence-corrected chi connectivity index (χ0v) is 14.9. The van der Waals surface area contributed by atoms with E-state index in [0.29, 0.717) is 12.1 Å². The van der Waals surface area contributed by atoms with Gasteiger partial charge in [0.1, 0.15) is 0 Å². The second kappa shape index (κ2) is 8.15. The van der Waals surface area contributed by atoms with Crippen molar-refractivity contribution in [1.29, 1.82) is 0 Å². The van der Waals surface area contributed by atoms with Crippen LogP contribution in [0.4, 0.5) is 5.69 Å². The van der Waals surface area contributed by atoms with E-state index in [1.54, 1.807) is 0 Å². The molecule has 1 amide bonds. The highest BCUT2D eigenvalue weighted by atomic mass is 16.4. The topological polar surface area (TPSA) is 69.6 Å². The van der Waals surface area contributed by atoms with Crippen LogP contribution in [0.2, 0.25) is 0 Å². The van der Waals surface area contributed by atoms with Crippen molar-refractivity contribution >= 4 is 17.6 Å². The largest absolute Gasteiger partial charge is 0.481 e. The number of carbonyl (C=O) groups is 2. The number of rotatable bonds is 6. The molecule has 2 aromatic carbocycles. The normalized spacial score (nSPS) is 15.1. The molecule has 1 aliphatic rings. The number of benzene rings is 2. The number of carboxylic acids is 1. The van der Waals surface area contributed by atoms with Crippen LogP contribution >= 0.6 is 0 Å². The Bertz CT molecular complexity index is 803. The molecular formula is C21H24N2O3. The van der Waals surface area contributed by atoms with E-state index >= 15 is 0 Å². The van der Waals surface area contributed by atoms with Crippen molar-refractivity contribution in [2.75, 3.05) is 11.9 Å². The molecule has 1 atom stereocenters. The molecule has 0 saturated carbocycles. The zero-order chi connectivity index (χ0) is 18.5. The molecule has 1 unspecified atom stereocenters. The van der Waals surface area contributed by atoms with Crippen molar-refractivity contribution in [2.45, 2.75) is 38.8 Å². The molecule has 2 N–H and O–H groups in total. The standard InChI is InChI=1S/C21H24N2O3/c1-15(23-12-11-17-6-2-3-7-18(17)14-23)21(26)22-19-8-4-5-16(13-19)9-10-20(24)25/h2-8,13,15H,9-12,14H2,1H3,(H,22,26)(H,24,25). The number of carboxylic acid groups (broad SMARTS) is 1. The van der Waals surface area contributed by atoms with E-state index < -0.39 is 5.97 Å². The minimum absolute atomic E-state index is 0.0419. The number of aryl methyl sites for hydroxylation is 1. The van der Waals surface area contributed by atoms with E-state index in [0.717, 1.165) is 25.1 Å². The summed E-state index contributed by atoms with van der Waals surface area (Å²) in [5.74, 6) is -0.863. The monoisotopic (exact) mass is 352 g/mol. The molecule has 0 aliphatic carbocycles. The number of hydrogen-bond acceptors (Lipinski definition) is 3. The molecule has 0 aromatic heterocycles. The van der Waals surface area contributed by atoms with Gasteiger partial charge in [0.25, 0.3) is 0 Å². The summed E-state index contributed by atoms with van der Waals surface area (Å²) in [7, 11) is 0. The maximum Gasteiger partial charge on any atom is 0.303 e. The zero-order valence-electron chi connectivity index (χ0n) is 14.9. The quantitative estimate of drug-likeness (QED) is 0.838. The summed E-state index contributed by atoms with van der Waals surface area (Å²) in [4.78, 5) is 25.6. The first-order valence-corrected chi connectivity index (χ1v) is 8.95. The lowest BCUT2D eigenvalue weighted by Crippen LogP contribution is -2.44. The summed E-state index contributed by atoms with van der Waals surface area (Å²) in [6.07, 6.45) is 1.50. The summed E-state index contributed by atoms with van der Waals surface area (Å²) in [6, 6.07) is 15.5. The van der Waals surface area contributed by atoms with Gasteiger partial charge in [0.05, 0.1) is 6.04 Å². The molecule has 5 nitrogen and oxygen atoms in total. The second-order valence-electron chi connectivity index (χ2n) is 6.75. The van der Waals surface area contributed by atoms with Crippen molar-refractivity contribution in [3.8, 4) is 0 Å². The van der Waals surface area contributed by atoms with Gasteiger partial charge < -0.3 is 10.4 Å². The maximum absolute atomic E-state index is 12.7. The van der Waals surface area contributed by atoms with Gasteiger partial charge >= 0.3 is 5.97 Å². The van der Waals surface area contributed by atoms with Crippen LogP contribution in [0.25, 0.3) is 0 Å². The smallest absolute Gasteiger partial charge is 0.303 e. The molecular weight excluding hydrogens is 328 g/mol. The Balaban J connectivity index is 1.61. The van der Waals surface area contributed by atoms with Crippen molar-refractivity contribution in [3.63, 3.8) is 0 Å². The van der Waals surface area contributed by atoms with Crippen molar-refractivity contribution in [2.24, 2.45) is 0 Å². The van der Waals surface area contributed by atoms with Crippen LogP contribution in [0.15, 0.2) is 48.5 Å². The minimum atomic E-state index is -0.821. The number of fused-ring (bicyclic) bond motifs is 1. The lowest BCUT2D eigenvalue weighted by molar-refractivity contribution is -0.137. The average Bonchev–Trinajstić information content (AvgIpc) is 2.65. The number of nitrogens with one attached hydrogen (secondary N) is 1. The van der Waals surface area contributed by atoms with Crippen LogP contribution in [0.1, 0.15) is 30.0 Å². The van der Waals surface area contributed by atoms with Crippen LogP contribution in [-0.4, -0.2) is 34.5 Å². The van der Waals surface area contributed by atoms with E-state index in [1.807, 2.05) is 37.3 Å². The van der Waals surface area contributed by atoms with E-state index in [9.17, 15) is 9.59 Å². The highest BCUT2D eigenvalue weighted by molar-refractivity contribution is 5.94. The predicted octanol–water partition coefficient (Wildman–Crippen LogP) is 3.09. The first-order chi connectivity index (χ1) is 12.5. The summed E-state index contributed by atoms with van der Waals surface area (Å²) < 4.78 is 0. The third-order valence-electron chi connectivity index (χ3n) is 4.91. The Hall–Kier alpha value is -2.66. The number of aliphatic carboxylic acids is 1. The van der Waals surface area contributed by atoms with Crippen molar-refractivity contribution in [3.05, 3.63) is 65.2 Å². The molecule has 0 saturated heterocycles. The summed E-state index contributed by atoms with van der Waals surface area (Å²) in [6.45, 7) is 3.57. The molecule has 136 valence electrons. The Labute approximate surface area is 153 Å². The Morgan fingerprint density at radius 3 is 2.69 bits per heavy atom. The van der Waals surface area contributed by atoms with Gasteiger partial charge in [-0.1, -0.05) is 36.4 Å².